The number of ether oxygens (including phenoxy) is 1. The van der Waals surface area contributed by atoms with E-state index in [0.29, 0.717) is 17.2 Å². The largest absolute Gasteiger partial charge is 0.462 e. The second kappa shape index (κ2) is 7.90. The molecule has 0 aliphatic heterocycles. The summed E-state index contributed by atoms with van der Waals surface area (Å²) in [5, 5.41) is 0.679. The quantitative estimate of drug-likeness (QED) is 0.441. The van der Waals surface area contributed by atoms with E-state index in [1.54, 1.807) is 6.21 Å². The minimum atomic E-state index is -0.328. The molecule has 0 amide bonds. The fourth-order valence-corrected chi connectivity index (χ4v) is 3.64. The maximum atomic E-state index is 12.6. The van der Waals surface area contributed by atoms with Crippen LogP contribution in [0.25, 0.3) is 11.1 Å². The fraction of sp³-hybridized carbons (Fsp3) is 0.143. The summed E-state index contributed by atoms with van der Waals surface area (Å²) in [5.74, 6) is -0.328. The average molecular weight is 349 g/mol. The number of rotatable bonds is 5. The third-order valence-electron chi connectivity index (χ3n) is 3.74. The molecule has 0 N–H and O–H groups in total. The van der Waals surface area contributed by atoms with Crippen molar-refractivity contribution in [3.05, 3.63) is 76.7 Å². The summed E-state index contributed by atoms with van der Waals surface area (Å²) >= 11 is 1.51. The first kappa shape index (κ1) is 17.1. The molecular weight excluding hydrogens is 330 g/mol. The van der Waals surface area contributed by atoms with Gasteiger partial charge in [0.2, 0.25) is 0 Å². The normalized spacial score (nSPS) is 11.0. The summed E-state index contributed by atoms with van der Waals surface area (Å²) in [6.45, 7) is 4.16. The van der Waals surface area contributed by atoms with Crippen LogP contribution in [0.15, 0.2) is 65.7 Å². The van der Waals surface area contributed by atoms with Crippen molar-refractivity contribution in [1.29, 1.82) is 0 Å². The first-order valence-corrected chi connectivity index (χ1v) is 8.97. The van der Waals surface area contributed by atoms with Gasteiger partial charge in [-0.15, -0.1) is 11.3 Å². The third kappa shape index (κ3) is 3.86. The number of thiophene rings is 1. The Hall–Kier alpha value is -2.72. The van der Waals surface area contributed by atoms with E-state index in [4.69, 9.17) is 4.74 Å². The molecule has 0 radical (unpaired) electrons. The van der Waals surface area contributed by atoms with Gasteiger partial charge in [0, 0.05) is 16.7 Å². The maximum Gasteiger partial charge on any atom is 0.341 e. The monoisotopic (exact) mass is 349 g/mol. The zero-order chi connectivity index (χ0) is 17.6. The number of carbonyl (C=O) groups excluding carboxylic acids is 1. The Labute approximate surface area is 151 Å². The number of hydrogen-bond donors (Lipinski definition) is 0. The standard InChI is InChI=1S/C21H19NO2S/c1-3-24-21(23)19-18(17-12-8-5-9-13-17)15(2)25-20(19)22-14-16-10-6-4-7-11-16/h4-14H,3H2,1-2H3/b22-14+. The number of nitrogens with zero attached hydrogens (tertiary/aromatic N) is 1. The van der Waals surface area contributed by atoms with E-state index < -0.39 is 0 Å². The Bertz CT molecular complexity index is 883. The molecule has 0 fully saturated rings. The lowest BCUT2D eigenvalue weighted by Gasteiger charge is -2.06. The van der Waals surface area contributed by atoms with E-state index in [1.165, 1.54) is 11.3 Å². The van der Waals surface area contributed by atoms with Crippen LogP contribution in [0.3, 0.4) is 0 Å². The number of benzene rings is 2. The van der Waals surface area contributed by atoms with Crippen molar-refractivity contribution in [3.8, 4) is 11.1 Å². The first-order valence-electron chi connectivity index (χ1n) is 8.15. The molecule has 0 aliphatic carbocycles. The molecule has 0 aliphatic rings. The van der Waals surface area contributed by atoms with Crippen LogP contribution in [0.4, 0.5) is 5.00 Å². The summed E-state index contributed by atoms with van der Waals surface area (Å²) in [6.07, 6.45) is 1.78. The van der Waals surface area contributed by atoms with E-state index in [-0.39, 0.29) is 5.97 Å². The van der Waals surface area contributed by atoms with Gasteiger partial charge in [-0.2, -0.15) is 0 Å². The topological polar surface area (TPSA) is 38.7 Å². The predicted molar refractivity (Wildman–Crippen MR) is 104 cm³/mol. The highest BCUT2D eigenvalue weighted by molar-refractivity contribution is 7.16. The van der Waals surface area contributed by atoms with Crippen LogP contribution < -0.4 is 0 Å². The van der Waals surface area contributed by atoms with E-state index in [1.807, 2.05) is 74.5 Å². The minimum Gasteiger partial charge on any atom is -0.462 e. The average Bonchev–Trinajstić information content (AvgIpc) is 2.98. The molecule has 0 saturated carbocycles. The van der Waals surface area contributed by atoms with Crippen LogP contribution in [0.2, 0.25) is 0 Å². The van der Waals surface area contributed by atoms with Crippen molar-refractivity contribution in [2.75, 3.05) is 6.61 Å². The summed E-state index contributed by atoms with van der Waals surface area (Å²) in [4.78, 5) is 18.2. The lowest BCUT2D eigenvalue weighted by molar-refractivity contribution is 0.0529. The van der Waals surface area contributed by atoms with Gasteiger partial charge in [0.15, 0.2) is 0 Å². The molecule has 1 heterocycles. The number of aryl methyl sites for hydroxylation is 1. The highest BCUT2D eigenvalue weighted by Crippen LogP contribution is 2.41. The summed E-state index contributed by atoms with van der Waals surface area (Å²) < 4.78 is 5.29. The van der Waals surface area contributed by atoms with Gasteiger partial charge in [0.1, 0.15) is 10.6 Å². The minimum absolute atomic E-state index is 0.328. The lowest BCUT2D eigenvalue weighted by Crippen LogP contribution is -2.05. The molecule has 0 unspecified atom stereocenters. The van der Waals surface area contributed by atoms with Gasteiger partial charge in [-0.3, -0.25) is 0 Å². The second-order valence-corrected chi connectivity index (χ2v) is 6.67. The van der Waals surface area contributed by atoms with E-state index in [9.17, 15) is 4.79 Å². The SMILES string of the molecule is CCOC(=O)c1c(/N=C/c2ccccc2)sc(C)c1-c1ccccc1. The summed E-state index contributed by atoms with van der Waals surface area (Å²) in [5.41, 5.74) is 3.44. The molecule has 2 aromatic carbocycles. The van der Waals surface area contributed by atoms with Gasteiger partial charge < -0.3 is 4.74 Å². The second-order valence-electron chi connectivity index (χ2n) is 5.47. The van der Waals surface area contributed by atoms with E-state index >= 15 is 0 Å². The molecule has 3 rings (SSSR count). The van der Waals surface area contributed by atoms with Crippen LogP contribution in [0, 0.1) is 6.92 Å². The van der Waals surface area contributed by atoms with Gasteiger partial charge in [-0.05, 0) is 25.0 Å². The van der Waals surface area contributed by atoms with Crippen molar-refractivity contribution < 1.29 is 9.53 Å². The van der Waals surface area contributed by atoms with Crippen LogP contribution in [-0.2, 0) is 4.74 Å². The van der Waals surface area contributed by atoms with Crippen molar-refractivity contribution in [2.45, 2.75) is 13.8 Å². The molecule has 3 aromatic rings. The molecule has 0 spiro atoms. The van der Waals surface area contributed by atoms with E-state index in [0.717, 1.165) is 21.6 Å². The van der Waals surface area contributed by atoms with Crippen molar-refractivity contribution in [2.24, 2.45) is 4.99 Å². The van der Waals surface area contributed by atoms with Gasteiger partial charge in [0.25, 0.3) is 0 Å². The predicted octanol–water partition coefficient (Wildman–Crippen LogP) is 5.65. The Balaban J connectivity index is 2.09. The van der Waals surface area contributed by atoms with Crippen LogP contribution in [0.5, 0.6) is 0 Å². The molecule has 25 heavy (non-hydrogen) atoms. The van der Waals surface area contributed by atoms with Gasteiger partial charge in [-0.1, -0.05) is 60.7 Å². The first-order chi connectivity index (χ1) is 12.2. The Kier molecular flexibility index (Phi) is 5.41. The molecule has 3 nitrogen and oxygen atoms in total. The highest BCUT2D eigenvalue weighted by Gasteiger charge is 2.23. The number of esters is 1. The van der Waals surface area contributed by atoms with Crippen LogP contribution in [-0.4, -0.2) is 18.8 Å². The Morgan fingerprint density at radius 2 is 1.72 bits per heavy atom. The Morgan fingerprint density at radius 1 is 1.08 bits per heavy atom. The number of carbonyl (C=O) groups is 1. The van der Waals surface area contributed by atoms with Gasteiger partial charge >= 0.3 is 5.97 Å². The van der Waals surface area contributed by atoms with Crippen molar-refractivity contribution >= 4 is 28.5 Å². The molecular formula is C21H19NO2S. The maximum absolute atomic E-state index is 12.6. The molecule has 4 heteroatoms. The van der Waals surface area contributed by atoms with Crippen molar-refractivity contribution in [3.63, 3.8) is 0 Å². The van der Waals surface area contributed by atoms with Gasteiger partial charge in [-0.25, -0.2) is 9.79 Å². The number of hydrogen-bond acceptors (Lipinski definition) is 4. The molecule has 0 saturated heterocycles. The van der Waals surface area contributed by atoms with Crippen LogP contribution >= 0.6 is 11.3 Å². The van der Waals surface area contributed by atoms with Crippen molar-refractivity contribution in [1.82, 2.24) is 0 Å². The highest BCUT2D eigenvalue weighted by atomic mass is 32.1. The summed E-state index contributed by atoms with van der Waals surface area (Å²) in [7, 11) is 0. The molecule has 126 valence electrons. The fourth-order valence-electron chi connectivity index (χ4n) is 2.64. The Morgan fingerprint density at radius 3 is 2.36 bits per heavy atom. The van der Waals surface area contributed by atoms with Gasteiger partial charge in [0.05, 0.1) is 6.61 Å². The molecule has 1 aromatic heterocycles. The zero-order valence-electron chi connectivity index (χ0n) is 14.2. The smallest absolute Gasteiger partial charge is 0.341 e. The zero-order valence-corrected chi connectivity index (χ0v) is 15.0. The molecule has 0 bridgehead atoms. The summed E-state index contributed by atoms with van der Waals surface area (Å²) in [6, 6.07) is 19.7. The van der Waals surface area contributed by atoms with E-state index in [2.05, 4.69) is 4.99 Å². The molecule has 0 atom stereocenters. The lowest BCUT2D eigenvalue weighted by atomic mass is 10.0. The van der Waals surface area contributed by atoms with Crippen LogP contribution in [0.1, 0.15) is 27.7 Å². The number of aliphatic imine (C=N–C) groups is 1. The third-order valence-corrected chi connectivity index (χ3v) is 4.75.